The minimum absolute atomic E-state index is 0.117. The highest BCUT2D eigenvalue weighted by molar-refractivity contribution is 5.98. The number of carbonyl (C=O) groups is 1. The predicted octanol–water partition coefficient (Wildman–Crippen LogP) is 3.42. The number of benzene rings is 2. The molecule has 35 heavy (non-hydrogen) atoms. The van der Waals surface area contributed by atoms with Crippen LogP contribution in [0.25, 0.3) is 11.1 Å². The van der Waals surface area contributed by atoms with Crippen LogP contribution in [0, 0.1) is 11.6 Å². The number of anilines is 1. The maximum Gasteiger partial charge on any atom is 0.256 e. The van der Waals surface area contributed by atoms with Crippen molar-refractivity contribution in [2.75, 3.05) is 26.0 Å². The third kappa shape index (κ3) is 3.96. The number of nitrogens with two attached hydrogens (primary N) is 1. The molecule has 2 aliphatic heterocycles. The number of aromatic nitrogens is 1. The van der Waals surface area contributed by atoms with Crippen molar-refractivity contribution in [3.63, 3.8) is 0 Å². The molecule has 1 atom stereocenters. The summed E-state index contributed by atoms with van der Waals surface area (Å²) in [6.45, 7) is 0.501. The average Bonchev–Trinajstić information content (AvgIpc) is 3.41. The topological polar surface area (TPSA) is 101 Å². The first kappa shape index (κ1) is 23.1. The Hall–Kier alpha value is -3.69. The van der Waals surface area contributed by atoms with E-state index in [-0.39, 0.29) is 42.4 Å². The lowest BCUT2D eigenvalue weighted by Gasteiger charge is -2.25. The molecule has 180 valence electrons. The van der Waals surface area contributed by atoms with Crippen LogP contribution in [0.2, 0.25) is 0 Å². The molecule has 3 heterocycles. The first-order valence-electron chi connectivity index (χ1n) is 11.2. The van der Waals surface area contributed by atoms with Crippen molar-refractivity contribution >= 4 is 17.8 Å². The molecule has 1 aromatic heterocycles. The molecule has 2 aromatic carbocycles. The molecule has 5 rings (SSSR count). The van der Waals surface area contributed by atoms with E-state index in [1.54, 1.807) is 37.5 Å². The maximum absolute atomic E-state index is 15.2. The van der Waals surface area contributed by atoms with E-state index < -0.39 is 17.2 Å². The number of ether oxygens (including phenoxy) is 1. The summed E-state index contributed by atoms with van der Waals surface area (Å²) in [5.41, 5.74) is 7.95. The molecule has 0 bridgehead atoms. The molecule has 1 amide bonds. The van der Waals surface area contributed by atoms with Crippen LogP contribution >= 0.6 is 0 Å². The second-order valence-electron chi connectivity index (χ2n) is 8.79. The summed E-state index contributed by atoms with van der Waals surface area (Å²) >= 11 is 0. The summed E-state index contributed by atoms with van der Waals surface area (Å²) in [6, 6.07) is 9.07. The van der Waals surface area contributed by atoms with E-state index in [9.17, 15) is 9.90 Å². The van der Waals surface area contributed by atoms with Crippen molar-refractivity contribution in [1.29, 1.82) is 0 Å². The van der Waals surface area contributed by atoms with Gasteiger partial charge in [-0.2, -0.15) is 0 Å². The highest BCUT2D eigenvalue weighted by Crippen LogP contribution is 2.39. The lowest BCUT2D eigenvalue weighted by atomic mass is 9.86. The van der Waals surface area contributed by atoms with Crippen LogP contribution in [0.3, 0.4) is 0 Å². The third-order valence-electron chi connectivity index (χ3n) is 6.60. The second-order valence-corrected chi connectivity index (χ2v) is 8.79. The number of aliphatic hydroxyl groups is 1. The number of carbonyl (C=O) groups excluding carboxylic acids is 1. The number of hydrogen-bond acceptors (Lipinski definition) is 6. The number of aliphatic imine (C=N–C) groups is 1. The Kier molecular flexibility index (Phi) is 5.82. The molecule has 0 spiro atoms. The Balaban J connectivity index is 1.50. The zero-order chi connectivity index (χ0) is 24.7. The number of halogens is 2. The van der Waals surface area contributed by atoms with Crippen LogP contribution in [0.5, 0.6) is 0 Å². The number of fused-ring (bicyclic) bond motifs is 1. The fourth-order valence-electron chi connectivity index (χ4n) is 4.74. The van der Waals surface area contributed by atoms with Gasteiger partial charge in [-0.3, -0.25) is 14.8 Å². The minimum atomic E-state index is -1.23. The van der Waals surface area contributed by atoms with Gasteiger partial charge < -0.3 is 20.5 Å². The molecule has 0 radical (unpaired) electrons. The smallest absolute Gasteiger partial charge is 0.256 e. The van der Waals surface area contributed by atoms with Gasteiger partial charge in [0, 0.05) is 54.9 Å². The van der Waals surface area contributed by atoms with Crippen molar-refractivity contribution in [2.24, 2.45) is 4.99 Å². The van der Waals surface area contributed by atoms with Crippen LogP contribution in [-0.4, -0.2) is 47.4 Å². The molecule has 9 heteroatoms. The Labute approximate surface area is 200 Å². The molecular weight excluding hydrogens is 454 g/mol. The molecular formula is C26H24F2N4O3. The van der Waals surface area contributed by atoms with Gasteiger partial charge in [-0.15, -0.1) is 0 Å². The first-order valence-corrected chi connectivity index (χ1v) is 11.2. The van der Waals surface area contributed by atoms with Gasteiger partial charge in [0.1, 0.15) is 17.2 Å². The maximum atomic E-state index is 15.2. The van der Waals surface area contributed by atoms with Crippen LogP contribution < -0.4 is 5.73 Å². The van der Waals surface area contributed by atoms with E-state index in [2.05, 4.69) is 9.98 Å². The van der Waals surface area contributed by atoms with Gasteiger partial charge in [-0.05, 0) is 35.4 Å². The van der Waals surface area contributed by atoms with Crippen molar-refractivity contribution in [3.8, 4) is 11.1 Å². The summed E-state index contributed by atoms with van der Waals surface area (Å²) < 4.78 is 35.7. The van der Waals surface area contributed by atoms with E-state index in [4.69, 9.17) is 10.5 Å². The number of hydrogen-bond donors (Lipinski definition) is 2. The van der Waals surface area contributed by atoms with Crippen LogP contribution in [0.1, 0.15) is 39.2 Å². The highest BCUT2D eigenvalue weighted by Gasteiger charge is 2.37. The number of pyridine rings is 1. The molecule has 0 aliphatic carbocycles. The van der Waals surface area contributed by atoms with E-state index in [1.165, 1.54) is 23.2 Å². The van der Waals surface area contributed by atoms with Crippen molar-refractivity contribution in [3.05, 3.63) is 82.2 Å². The summed E-state index contributed by atoms with van der Waals surface area (Å²) in [5.74, 6) is -1.86. The fraction of sp³-hybridized carbons (Fsp3) is 0.269. The SMILES string of the molecule is CN=Cc1c(-c2cc(F)c(CN3Cc4ncccc4C3=O)c(F)c2)ccc(C2(O)CCOC2)c1N. The van der Waals surface area contributed by atoms with E-state index >= 15 is 8.78 Å². The van der Waals surface area contributed by atoms with Crippen molar-refractivity contribution < 1.29 is 23.4 Å². The Morgan fingerprint density at radius 3 is 2.69 bits per heavy atom. The molecule has 2 aliphatic rings. The van der Waals surface area contributed by atoms with Gasteiger partial charge >= 0.3 is 0 Å². The largest absolute Gasteiger partial charge is 0.398 e. The van der Waals surface area contributed by atoms with Crippen molar-refractivity contribution in [2.45, 2.75) is 25.1 Å². The van der Waals surface area contributed by atoms with Crippen LogP contribution in [0.15, 0.2) is 47.6 Å². The fourth-order valence-corrected chi connectivity index (χ4v) is 4.74. The molecule has 1 unspecified atom stereocenters. The normalized spacial score (nSPS) is 19.7. The number of rotatable bonds is 5. The Bertz CT molecular complexity index is 1330. The van der Waals surface area contributed by atoms with Gasteiger partial charge in [-0.1, -0.05) is 12.1 Å². The molecule has 3 aromatic rings. The zero-order valence-electron chi connectivity index (χ0n) is 19.1. The Morgan fingerprint density at radius 1 is 1.26 bits per heavy atom. The third-order valence-corrected chi connectivity index (χ3v) is 6.60. The van der Waals surface area contributed by atoms with E-state index in [0.29, 0.717) is 41.0 Å². The summed E-state index contributed by atoms with van der Waals surface area (Å²) in [4.78, 5) is 22.2. The van der Waals surface area contributed by atoms with Gasteiger partial charge in [-0.25, -0.2) is 8.78 Å². The molecule has 1 saturated heterocycles. The number of nitrogens with zero attached hydrogens (tertiary/aromatic N) is 3. The van der Waals surface area contributed by atoms with Gasteiger partial charge in [0.2, 0.25) is 0 Å². The molecule has 1 fully saturated rings. The predicted molar refractivity (Wildman–Crippen MR) is 127 cm³/mol. The summed E-state index contributed by atoms with van der Waals surface area (Å²) in [7, 11) is 1.56. The minimum Gasteiger partial charge on any atom is -0.398 e. The first-order chi connectivity index (χ1) is 16.8. The van der Waals surface area contributed by atoms with Crippen molar-refractivity contribution in [1.82, 2.24) is 9.88 Å². The van der Waals surface area contributed by atoms with E-state index in [1.807, 2.05) is 0 Å². The standard InChI is InChI=1S/C26H24F2N4O3/c1-30-11-18-16(4-5-20(24(18)29)26(34)6-8-35-14-26)15-9-21(27)19(22(28)10-15)12-32-13-23-17(25(32)33)3-2-7-31-23/h2-5,7,9-11,34H,6,8,12-14,29H2,1H3. The summed E-state index contributed by atoms with van der Waals surface area (Å²) in [5, 5.41) is 10.9. The quantitative estimate of drug-likeness (QED) is 0.432. The monoisotopic (exact) mass is 478 g/mol. The summed E-state index contributed by atoms with van der Waals surface area (Å²) in [6.07, 6.45) is 3.48. The Morgan fingerprint density at radius 2 is 2.03 bits per heavy atom. The van der Waals surface area contributed by atoms with Crippen LogP contribution in [0.4, 0.5) is 14.5 Å². The average molecular weight is 478 g/mol. The van der Waals surface area contributed by atoms with Gasteiger partial charge in [0.05, 0.1) is 31.0 Å². The lowest BCUT2D eigenvalue weighted by Crippen LogP contribution is -2.27. The van der Waals surface area contributed by atoms with Gasteiger partial charge in [0.25, 0.3) is 5.91 Å². The highest BCUT2D eigenvalue weighted by atomic mass is 19.1. The number of amides is 1. The number of nitrogen functional groups attached to an aromatic ring is 1. The van der Waals surface area contributed by atoms with E-state index in [0.717, 1.165) is 0 Å². The zero-order valence-corrected chi connectivity index (χ0v) is 19.1. The van der Waals surface area contributed by atoms with Gasteiger partial charge in [0.15, 0.2) is 0 Å². The van der Waals surface area contributed by atoms with Crippen LogP contribution in [-0.2, 0) is 23.4 Å². The lowest BCUT2D eigenvalue weighted by molar-refractivity contribution is 0.0238. The molecule has 3 N–H and O–H groups in total. The second kappa shape index (κ2) is 8.83. The molecule has 7 nitrogen and oxygen atoms in total. The molecule has 0 saturated carbocycles.